The summed E-state index contributed by atoms with van der Waals surface area (Å²) in [5, 5.41) is 2.88. The van der Waals surface area contributed by atoms with E-state index in [1.165, 1.54) is 0 Å². The fourth-order valence-electron chi connectivity index (χ4n) is 1.84. The van der Waals surface area contributed by atoms with Gasteiger partial charge in [0.2, 0.25) is 11.8 Å². The Morgan fingerprint density at radius 2 is 1.90 bits per heavy atom. The summed E-state index contributed by atoms with van der Waals surface area (Å²) in [4.78, 5) is 15.6. The smallest absolute Gasteiger partial charge is 0.245 e. The van der Waals surface area contributed by atoms with Crippen LogP contribution in [0.5, 0.6) is 11.6 Å². The molecule has 108 valence electrons. The van der Waals surface area contributed by atoms with E-state index in [2.05, 4.69) is 25.3 Å². The molecule has 21 heavy (non-hydrogen) atoms. The van der Waals surface area contributed by atoms with Gasteiger partial charge in [0, 0.05) is 7.05 Å². The molecule has 0 bridgehead atoms. The number of imidazole rings is 1. The van der Waals surface area contributed by atoms with Crippen molar-refractivity contribution in [3.63, 3.8) is 0 Å². The minimum Gasteiger partial charge on any atom is -0.490 e. The van der Waals surface area contributed by atoms with E-state index in [1.807, 2.05) is 30.3 Å². The molecular weight excluding hydrogens is 270 g/mol. The number of anilines is 1. The average Bonchev–Trinajstić information content (AvgIpc) is 3.00. The first kappa shape index (κ1) is 13.2. The van der Waals surface area contributed by atoms with Gasteiger partial charge in [-0.05, 0) is 12.1 Å². The van der Waals surface area contributed by atoms with Gasteiger partial charge in [-0.1, -0.05) is 18.2 Å². The van der Waals surface area contributed by atoms with Crippen molar-refractivity contribution in [1.29, 1.82) is 0 Å². The van der Waals surface area contributed by atoms with Crippen LogP contribution >= 0.6 is 0 Å². The number of hydrogen-bond acceptors (Lipinski definition) is 6. The first-order valence-corrected chi connectivity index (χ1v) is 6.56. The summed E-state index contributed by atoms with van der Waals surface area (Å²) in [6, 6.07) is 9.59. The molecule has 0 atom stereocenters. The highest BCUT2D eigenvalue weighted by Crippen LogP contribution is 2.20. The van der Waals surface area contributed by atoms with Gasteiger partial charge in [0.15, 0.2) is 5.65 Å². The Morgan fingerprint density at radius 1 is 1.10 bits per heavy atom. The molecule has 0 aliphatic heterocycles. The summed E-state index contributed by atoms with van der Waals surface area (Å²) < 4.78 is 11.2. The molecule has 0 aliphatic carbocycles. The fraction of sp³-hybridized carbons (Fsp3) is 0.214. The second-order valence-corrected chi connectivity index (χ2v) is 4.21. The van der Waals surface area contributed by atoms with E-state index in [0.29, 0.717) is 36.2 Å². The second-order valence-electron chi connectivity index (χ2n) is 4.21. The summed E-state index contributed by atoms with van der Waals surface area (Å²) >= 11 is 0. The maximum absolute atomic E-state index is 5.65. The van der Waals surface area contributed by atoms with Gasteiger partial charge in [0.1, 0.15) is 24.5 Å². The zero-order chi connectivity index (χ0) is 14.5. The summed E-state index contributed by atoms with van der Waals surface area (Å²) in [5.74, 6) is 1.73. The molecule has 0 saturated heterocycles. The number of H-pyrrole nitrogens is 1. The summed E-state index contributed by atoms with van der Waals surface area (Å²) in [6.45, 7) is 0.807. The Morgan fingerprint density at radius 3 is 2.71 bits per heavy atom. The average molecular weight is 285 g/mol. The van der Waals surface area contributed by atoms with E-state index in [9.17, 15) is 0 Å². The predicted molar refractivity (Wildman–Crippen MR) is 78.7 cm³/mol. The van der Waals surface area contributed by atoms with E-state index < -0.39 is 0 Å². The second kappa shape index (κ2) is 6.08. The molecule has 2 aromatic heterocycles. The molecule has 2 N–H and O–H groups in total. The quantitative estimate of drug-likeness (QED) is 0.672. The third-order valence-electron chi connectivity index (χ3n) is 2.81. The third-order valence-corrected chi connectivity index (χ3v) is 2.81. The molecule has 0 spiro atoms. The Kier molecular flexibility index (Phi) is 3.81. The number of nitrogens with one attached hydrogen (secondary N) is 2. The van der Waals surface area contributed by atoms with Crippen molar-refractivity contribution in [3.05, 3.63) is 36.7 Å². The minimum atomic E-state index is 0.378. The lowest BCUT2D eigenvalue weighted by Crippen LogP contribution is -2.11. The van der Waals surface area contributed by atoms with Crippen molar-refractivity contribution in [2.45, 2.75) is 0 Å². The Balaban J connectivity index is 1.63. The van der Waals surface area contributed by atoms with Crippen LogP contribution < -0.4 is 14.8 Å². The zero-order valence-corrected chi connectivity index (χ0v) is 11.5. The highest BCUT2D eigenvalue weighted by atomic mass is 16.5. The fourth-order valence-corrected chi connectivity index (χ4v) is 1.84. The molecule has 7 heteroatoms. The molecule has 1 aromatic carbocycles. The van der Waals surface area contributed by atoms with Gasteiger partial charge in [-0.3, -0.25) is 0 Å². The number of rotatable bonds is 6. The van der Waals surface area contributed by atoms with Crippen LogP contribution in [0, 0.1) is 0 Å². The molecule has 0 unspecified atom stereocenters. The molecule has 2 heterocycles. The van der Waals surface area contributed by atoms with E-state index in [1.54, 1.807) is 13.4 Å². The van der Waals surface area contributed by atoms with Gasteiger partial charge in [-0.15, -0.1) is 0 Å². The maximum Gasteiger partial charge on any atom is 0.245 e. The van der Waals surface area contributed by atoms with Crippen LogP contribution in [0.25, 0.3) is 11.2 Å². The Hall–Kier alpha value is -2.83. The zero-order valence-electron chi connectivity index (χ0n) is 11.5. The first-order valence-electron chi connectivity index (χ1n) is 6.56. The van der Waals surface area contributed by atoms with Crippen molar-refractivity contribution in [2.24, 2.45) is 0 Å². The van der Waals surface area contributed by atoms with Crippen LogP contribution in [-0.4, -0.2) is 40.2 Å². The molecule has 0 amide bonds. The molecule has 3 rings (SSSR count). The van der Waals surface area contributed by atoms with E-state index in [0.717, 1.165) is 5.75 Å². The number of benzene rings is 1. The van der Waals surface area contributed by atoms with Gasteiger partial charge in [0.25, 0.3) is 0 Å². The number of ether oxygens (including phenoxy) is 2. The van der Waals surface area contributed by atoms with Gasteiger partial charge in [0.05, 0.1) is 6.33 Å². The van der Waals surface area contributed by atoms with Crippen molar-refractivity contribution in [3.8, 4) is 11.6 Å². The molecule has 0 saturated carbocycles. The molecule has 0 aliphatic rings. The standard InChI is InChI=1S/C14H15N5O2/c1-15-14-18-12-11(16-9-17-12)13(19-14)21-8-7-20-10-5-3-2-4-6-10/h2-6,9H,7-8H2,1H3,(H2,15,16,17,18,19). The molecule has 0 fully saturated rings. The number of aromatic amines is 1. The van der Waals surface area contributed by atoms with E-state index >= 15 is 0 Å². The Bertz CT molecular complexity index is 714. The number of nitrogens with zero attached hydrogens (tertiary/aromatic N) is 3. The van der Waals surface area contributed by atoms with Crippen LogP contribution in [0.15, 0.2) is 36.7 Å². The summed E-state index contributed by atoms with van der Waals surface area (Å²) in [5.41, 5.74) is 1.24. The maximum atomic E-state index is 5.65. The van der Waals surface area contributed by atoms with Crippen molar-refractivity contribution in [2.75, 3.05) is 25.6 Å². The van der Waals surface area contributed by atoms with Gasteiger partial charge in [-0.2, -0.15) is 9.97 Å². The van der Waals surface area contributed by atoms with Crippen molar-refractivity contribution < 1.29 is 9.47 Å². The number of fused-ring (bicyclic) bond motifs is 1. The van der Waals surface area contributed by atoms with Crippen LogP contribution in [0.2, 0.25) is 0 Å². The highest BCUT2D eigenvalue weighted by molar-refractivity contribution is 5.76. The summed E-state index contributed by atoms with van der Waals surface area (Å²) in [6.07, 6.45) is 1.56. The van der Waals surface area contributed by atoms with Crippen molar-refractivity contribution in [1.82, 2.24) is 19.9 Å². The first-order chi connectivity index (χ1) is 10.4. The monoisotopic (exact) mass is 285 g/mol. The van der Waals surface area contributed by atoms with Gasteiger partial charge < -0.3 is 19.8 Å². The molecule has 7 nitrogen and oxygen atoms in total. The molecule has 0 radical (unpaired) electrons. The third kappa shape index (κ3) is 3.02. The van der Waals surface area contributed by atoms with E-state index in [4.69, 9.17) is 9.47 Å². The van der Waals surface area contributed by atoms with Crippen LogP contribution in [0.1, 0.15) is 0 Å². The highest BCUT2D eigenvalue weighted by Gasteiger charge is 2.10. The number of aromatic nitrogens is 4. The normalized spacial score (nSPS) is 10.5. The van der Waals surface area contributed by atoms with Crippen LogP contribution in [0.3, 0.4) is 0 Å². The number of hydrogen-bond donors (Lipinski definition) is 2. The van der Waals surface area contributed by atoms with Gasteiger partial charge >= 0.3 is 0 Å². The SMILES string of the molecule is CNc1nc(OCCOc2ccccc2)c2[nH]cnc2n1. The lowest BCUT2D eigenvalue weighted by molar-refractivity contribution is 0.213. The number of para-hydroxylation sites is 1. The largest absolute Gasteiger partial charge is 0.490 e. The van der Waals surface area contributed by atoms with Crippen LogP contribution in [-0.2, 0) is 0 Å². The van der Waals surface area contributed by atoms with Crippen LogP contribution in [0.4, 0.5) is 5.95 Å². The van der Waals surface area contributed by atoms with Gasteiger partial charge in [-0.25, -0.2) is 4.98 Å². The molecule has 3 aromatic rings. The summed E-state index contributed by atoms with van der Waals surface area (Å²) in [7, 11) is 1.75. The Labute approximate surface area is 121 Å². The van der Waals surface area contributed by atoms with Crippen molar-refractivity contribution >= 4 is 17.1 Å². The minimum absolute atomic E-state index is 0.378. The lowest BCUT2D eigenvalue weighted by atomic mass is 10.3. The molecular formula is C14H15N5O2. The predicted octanol–water partition coefficient (Wildman–Crippen LogP) is 1.85. The lowest BCUT2D eigenvalue weighted by Gasteiger charge is -2.09. The topological polar surface area (TPSA) is 85.0 Å². The van der Waals surface area contributed by atoms with E-state index in [-0.39, 0.29) is 0 Å².